The zero-order valence-electron chi connectivity index (χ0n) is 23.6. The molecule has 2 aromatic carbocycles. The summed E-state index contributed by atoms with van der Waals surface area (Å²) in [5, 5.41) is 9.90. The van der Waals surface area contributed by atoms with Gasteiger partial charge in [-0.1, -0.05) is 48.5 Å². The van der Waals surface area contributed by atoms with E-state index in [9.17, 15) is 14.4 Å². The predicted octanol–water partition coefficient (Wildman–Crippen LogP) is 2.70. The van der Waals surface area contributed by atoms with Crippen LogP contribution in [0.3, 0.4) is 0 Å². The van der Waals surface area contributed by atoms with Crippen molar-refractivity contribution in [1.82, 2.24) is 20.5 Å². The van der Waals surface area contributed by atoms with Gasteiger partial charge >= 0.3 is 0 Å². The molecule has 0 radical (unpaired) electrons. The number of carbonyl (C=O) groups excluding carboxylic acids is 3. The number of hydrogen-bond donors (Lipinski definition) is 5. The Morgan fingerprint density at radius 1 is 0.953 bits per heavy atom. The van der Waals surface area contributed by atoms with Crippen molar-refractivity contribution in [2.24, 2.45) is 17.4 Å². The van der Waals surface area contributed by atoms with E-state index in [0.717, 1.165) is 16.5 Å². The summed E-state index contributed by atoms with van der Waals surface area (Å²) < 4.78 is 0. The maximum absolute atomic E-state index is 13.4. The van der Waals surface area contributed by atoms with E-state index in [1.165, 1.54) is 0 Å². The molecule has 0 aliphatic carbocycles. The zero-order valence-corrected chi connectivity index (χ0v) is 26.9. The van der Waals surface area contributed by atoms with E-state index in [0.29, 0.717) is 57.7 Å². The summed E-state index contributed by atoms with van der Waals surface area (Å²) in [6.07, 6.45) is 2.98. The molecule has 43 heavy (non-hydrogen) atoms. The fraction of sp³-hybridized carbons (Fsp3) is 0.379. The van der Waals surface area contributed by atoms with Gasteiger partial charge in [0.2, 0.25) is 17.7 Å². The van der Waals surface area contributed by atoms with Gasteiger partial charge in [-0.15, -0.1) is 49.6 Å². The van der Waals surface area contributed by atoms with Crippen molar-refractivity contribution in [1.29, 1.82) is 0 Å². The number of halogens is 4. The lowest BCUT2D eigenvalue weighted by Crippen LogP contribution is -2.50. The molecule has 1 aliphatic rings. The van der Waals surface area contributed by atoms with E-state index in [2.05, 4.69) is 20.9 Å². The van der Waals surface area contributed by atoms with Gasteiger partial charge < -0.3 is 32.3 Å². The molecule has 10 nitrogen and oxygen atoms in total. The van der Waals surface area contributed by atoms with Crippen LogP contribution in [0.25, 0.3) is 10.9 Å². The molecule has 3 atom stereocenters. The highest BCUT2D eigenvalue weighted by molar-refractivity contribution is 5.99. The first kappa shape index (κ1) is 40.3. The molecular formula is C29H41Cl4N7O3. The number of carbonyl (C=O) groups is 3. The monoisotopic (exact) mass is 675 g/mol. The van der Waals surface area contributed by atoms with Crippen LogP contribution in [-0.2, 0) is 20.8 Å². The van der Waals surface area contributed by atoms with Crippen LogP contribution in [0.1, 0.15) is 18.4 Å². The molecule has 1 saturated heterocycles. The number of fused-ring (bicyclic) bond motifs is 1. The van der Waals surface area contributed by atoms with Gasteiger partial charge in [-0.25, -0.2) is 0 Å². The highest BCUT2D eigenvalue weighted by Crippen LogP contribution is 2.19. The van der Waals surface area contributed by atoms with E-state index in [1.807, 2.05) is 60.7 Å². The summed E-state index contributed by atoms with van der Waals surface area (Å²) in [6.45, 7) is 1.93. The first-order chi connectivity index (χ1) is 19.0. The lowest BCUT2D eigenvalue weighted by atomic mass is 10.0. The van der Waals surface area contributed by atoms with E-state index in [4.69, 9.17) is 11.5 Å². The number of nitrogens with two attached hydrogens (primary N) is 2. The Morgan fingerprint density at radius 2 is 1.60 bits per heavy atom. The van der Waals surface area contributed by atoms with E-state index in [1.54, 1.807) is 11.1 Å². The topological polar surface area (TPSA) is 155 Å². The average molecular weight is 678 g/mol. The lowest BCUT2D eigenvalue weighted by Gasteiger charge is -2.24. The maximum Gasteiger partial charge on any atom is 0.247 e. The number of rotatable bonds is 12. The van der Waals surface area contributed by atoms with Gasteiger partial charge in [0.05, 0.1) is 29.4 Å². The van der Waals surface area contributed by atoms with Gasteiger partial charge in [-0.05, 0) is 37.0 Å². The maximum atomic E-state index is 13.4. The van der Waals surface area contributed by atoms with E-state index < -0.39 is 12.1 Å². The third-order valence-electron chi connectivity index (χ3n) is 6.96. The second-order valence-electron chi connectivity index (χ2n) is 9.79. The second-order valence-corrected chi connectivity index (χ2v) is 9.79. The van der Waals surface area contributed by atoms with Gasteiger partial charge in [0, 0.05) is 38.1 Å². The number of amides is 3. The van der Waals surface area contributed by atoms with E-state index >= 15 is 0 Å². The Kier molecular flexibility index (Phi) is 19.0. The fourth-order valence-corrected chi connectivity index (χ4v) is 4.89. The summed E-state index contributed by atoms with van der Waals surface area (Å²) >= 11 is 0. The number of nitrogens with one attached hydrogen (secondary N) is 3. The van der Waals surface area contributed by atoms with Crippen molar-refractivity contribution in [3.05, 3.63) is 72.4 Å². The number of aryl methyl sites for hydroxylation is 1. The number of nitrogens with zero attached hydrogens (tertiary/aromatic N) is 2. The van der Waals surface area contributed by atoms with Gasteiger partial charge in [-0.2, -0.15) is 0 Å². The Balaban J connectivity index is 0.00000441. The van der Waals surface area contributed by atoms with Crippen molar-refractivity contribution >= 4 is 83.9 Å². The average Bonchev–Trinajstić information content (AvgIpc) is 3.46. The first-order valence-corrected chi connectivity index (χ1v) is 13.4. The largest absolute Gasteiger partial charge is 0.343 e. The SMILES string of the molecule is Cl.Cl.Cl.Cl.NCCN(CCN)C(=O)C1CN[C@H](C(=O)N[C@@H](CCc2ccccc2)C(=O)Nc2cnc3ccccc3c2)C1. The van der Waals surface area contributed by atoms with Crippen LogP contribution in [-0.4, -0.2) is 72.4 Å². The predicted molar refractivity (Wildman–Crippen MR) is 181 cm³/mol. The second kappa shape index (κ2) is 20.3. The molecule has 238 valence electrons. The molecule has 1 aromatic heterocycles. The van der Waals surface area contributed by atoms with Crippen molar-refractivity contribution < 1.29 is 14.4 Å². The summed E-state index contributed by atoms with van der Waals surface area (Å²) in [5.74, 6) is -1.03. The normalized spacial score (nSPS) is 15.9. The van der Waals surface area contributed by atoms with Crippen LogP contribution in [0.5, 0.6) is 0 Å². The van der Waals surface area contributed by atoms with Gasteiger partial charge in [-0.3, -0.25) is 19.4 Å². The molecule has 3 amide bonds. The molecule has 1 aliphatic heterocycles. The number of aromatic nitrogens is 1. The smallest absolute Gasteiger partial charge is 0.247 e. The Bertz CT molecular complexity index is 1280. The third kappa shape index (κ3) is 11.4. The van der Waals surface area contributed by atoms with E-state index in [-0.39, 0.29) is 73.3 Å². The summed E-state index contributed by atoms with van der Waals surface area (Å²) in [6, 6.07) is 18.0. The van der Waals surface area contributed by atoms with Crippen molar-refractivity contribution in [2.45, 2.75) is 31.3 Å². The molecule has 1 fully saturated rings. The number of benzene rings is 2. The number of para-hydroxylation sites is 1. The minimum absolute atomic E-state index is 0. The molecular weight excluding hydrogens is 636 g/mol. The lowest BCUT2D eigenvalue weighted by molar-refractivity contribution is -0.135. The molecule has 4 rings (SSSR count). The first-order valence-electron chi connectivity index (χ1n) is 13.4. The quantitative estimate of drug-likeness (QED) is 0.198. The van der Waals surface area contributed by atoms with Crippen molar-refractivity contribution in [3.63, 3.8) is 0 Å². The zero-order chi connectivity index (χ0) is 27.6. The number of anilines is 1. The van der Waals surface area contributed by atoms with Crippen LogP contribution >= 0.6 is 49.6 Å². The minimum atomic E-state index is -0.772. The molecule has 1 unspecified atom stereocenters. The standard InChI is InChI=1S/C29H37N7O3.4ClH/c30-12-14-36(15-13-31)29(39)22-17-26(32-18-22)28(38)35-25(11-10-20-6-2-1-3-7-20)27(37)34-23-16-21-8-4-5-9-24(21)33-19-23;;;;/h1-9,16,19,22,25-26,32H,10-15,17-18,30-31H2,(H,34,37)(H,35,38);4*1H/t22?,25-,26-;;;;/m0..../s1. The van der Waals surface area contributed by atoms with Crippen molar-refractivity contribution in [2.75, 3.05) is 38.0 Å². The van der Waals surface area contributed by atoms with Crippen LogP contribution in [0.15, 0.2) is 66.9 Å². The van der Waals surface area contributed by atoms with Crippen molar-refractivity contribution in [3.8, 4) is 0 Å². The molecule has 14 heteroatoms. The molecule has 0 bridgehead atoms. The fourth-order valence-electron chi connectivity index (χ4n) is 4.89. The van der Waals surface area contributed by atoms with Crippen LogP contribution in [0, 0.1) is 5.92 Å². The number of hydrogen-bond acceptors (Lipinski definition) is 7. The highest BCUT2D eigenvalue weighted by atomic mass is 35.5. The van der Waals surface area contributed by atoms with Crippen LogP contribution < -0.4 is 27.4 Å². The molecule has 2 heterocycles. The summed E-state index contributed by atoms with van der Waals surface area (Å²) in [5.41, 5.74) is 13.8. The van der Waals surface area contributed by atoms with Gasteiger partial charge in [0.15, 0.2) is 0 Å². The molecule has 3 aromatic rings. The minimum Gasteiger partial charge on any atom is -0.343 e. The number of pyridine rings is 1. The molecule has 0 saturated carbocycles. The van der Waals surface area contributed by atoms with Crippen LogP contribution in [0.4, 0.5) is 5.69 Å². The summed E-state index contributed by atoms with van der Waals surface area (Å²) in [7, 11) is 0. The highest BCUT2D eigenvalue weighted by Gasteiger charge is 2.36. The Labute approximate surface area is 277 Å². The van der Waals surface area contributed by atoms with Gasteiger partial charge in [0.1, 0.15) is 6.04 Å². The molecule has 0 spiro atoms. The van der Waals surface area contributed by atoms with Crippen LogP contribution in [0.2, 0.25) is 0 Å². The summed E-state index contributed by atoms with van der Waals surface area (Å²) in [4.78, 5) is 45.6. The Morgan fingerprint density at radius 3 is 2.28 bits per heavy atom. The molecule has 7 N–H and O–H groups in total. The Hall–Kier alpha value is -2.70. The van der Waals surface area contributed by atoms with Gasteiger partial charge in [0.25, 0.3) is 0 Å². The third-order valence-corrected chi connectivity index (χ3v) is 6.96.